The van der Waals surface area contributed by atoms with E-state index in [9.17, 15) is 4.79 Å². The number of hydrogen-bond donors (Lipinski definition) is 2. The van der Waals surface area contributed by atoms with E-state index in [1.54, 1.807) is 30.0 Å². The first kappa shape index (κ1) is 13.5. The van der Waals surface area contributed by atoms with Crippen LogP contribution in [0.1, 0.15) is 20.3 Å². The van der Waals surface area contributed by atoms with Crippen LogP contribution in [0.4, 0.5) is 0 Å². The van der Waals surface area contributed by atoms with Gasteiger partial charge in [0.05, 0.1) is 16.1 Å². The molecule has 1 rings (SSSR count). The molecule has 0 bridgehead atoms. The number of aliphatic hydroxyl groups excluding tert-OH is 1. The predicted molar refractivity (Wildman–Crippen MR) is 68.9 cm³/mol. The van der Waals surface area contributed by atoms with Crippen molar-refractivity contribution in [2.24, 2.45) is 0 Å². The highest BCUT2D eigenvalue weighted by molar-refractivity contribution is 8.01. The number of hydrogen-bond acceptors (Lipinski definition) is 4. The summed E-state index contributed by atoms with van der Waals surface area (Å²) in [5.41, 5.74) is 0. The third-order valence-corrected chi connectivity index (χ3v) is 4.07. The Morgan fingerprint density at radius 3 is 2.94 bits per heavy atom. The van der Waals surface area contributed by atoms with Crippen LogP contribution < -0.4 is 5.32 Å². The van der Waals surface area contributed by atoms with Gasteiger partial charge in [-0.3, -0.25) is 4.79 Å². The molecule has 0 aliphatic heterocycles. The Bertz CT molecular complexity index is 312. The van der Waals surface area contributed by atoms with Gasteiger partial charge in [0.1, 0.15) is 0 Å². The fraction of sp³-hybridized carbons (Fsp3) is 0.545. The van der Waals surface area contributed by atoms with Gasteiger partial charge < -0.3 is 10.4 Å². The van der Waals surface area contributed by atoms with Crippen molar-refractivity contribution in [3.63, 3.8) is 0 Å². The molecule has 0 saturated carbocycles. The van der Waals surface area contributed by atoms with Crippen LogP contribution in [0, 0.1) is 0 Å². The van der Waals surface area contributed by atoms with Gasteiger partial charge in [-0.2, -0.15) is 0 Å². The van der Waals surface area contributed by atoms with Gasteiger partial charge in [0.15, 0.2) is 0 Å². The summed E-state index contributed by atoms with van der Waals surface area (Å²) in [6.45, 7) is 3.63. The van der Waals surface area contributed by atoms with Crippen LogP contribution in [-0.4, -0.2) is 28.9 Å². The number of nitrogens with one attached hydrogen (secondary N) is 1. The molecule has 90 valence electrons. The summed E-state index contributed by atoms with van der Waals surface area (Å²) in [5.74, 6) is 0.455. The third kappa shape index (κ3) is 5.53. The first-order valence-electron chi connectivity index (χ1n) is 5.21. The lowest BCUT2D eigenvalue weighted by Crippen LogP contribution is -2.35. The quantitative estimate of drug-likeness (QED) is 0.769. The third-order valence-electron chi connectivity index (χ3n) is 1.94. The fourth-order valence-electron chi connectivity index (χ4n) is 1.37. The van der Waals surface area contributed by atoms with E-state index in [-0.39, 0.29) is 18.1 Å². The monoisotopic (exact) mass is 259 g/mol. The van der Waals surface area contributed by atoms with E-state index >= 15 is 0 Å². The Morgan fingerprint density at radius 1 is 1.62 bits per heavy atom. The van der Waals surface area contributed by atoms with Crippen LogP contribution in [0.15, 0.2) is 21.7 Å². The lowest BCUT2D eigenvalue weighted by Gasteiger charge is -2.14. The second-order valence-electron chi connectivity index (χ2n) is 3.77. The topological polar surface area (TPSA) is 49.3 Å². The molecule has 1 heterocycles. The average molecular weight is 259 g/mol. The van der Waals surface area contributed by atoms with Crippen LogP contribution in [-0.2, 0) is 4.79 Å². The molecule has 1 aromatic rings. The van der Waals surface area contributed by atoms with Crippen LogP contribution in [0.25, 0.3) is 0 Å². The molecule has 0 saturated heterocycles. The van der Waals surface area contributed by atoms with Gasteiger partial charge in [0.2, 0.25) is 5.91 Å². The Labute approximate surface area is 104 Å². The zero-order valence-corrected chi connectivity index (χ0v) is 11.1. The molecule has 16 heavy (non-hydrogen) atoms. The smallest absolute Gasteiger partial charge is 0.230 e. The molecule has 0 fully saturated rings. The molecular weight excluding hydrogens is 242 g/mol. The van der Waals surface area contributed by atoms with E-state index in [1.165, 1.54) is 0 Å². The molecule has 2 unspecified atom stereocenters. The minimum Gasteiger partial charge on any atom is -0.393 e. The van der Waals surface area contributed by atoms with Crippen LogP contribution in [0.2, 0.25) is 0 Å². The summed E-state index contributed by atoms with van der Waals surface area (Å²) in [7, 11) is 0. The van der Waals surface area contributed by atoms with E-state index in [4.69, 9.17) is 5.11 Å². The van der Waals surface area contributed by atoms with Crippen molar-refractivity contribution in [3.8, 4) is 0 Å². The number of thiophene rings is 1. The maximum Gasteiger partial charge on any atom is 0.230 e. The first-order chi connectivity index (χ1) is 7.58. The highest BCUT2D eigenvalue weighted by atomic mass is 32.2. The van der Waals surface area contributed by atoms with Gasteiger partial charge in [-0.1, -0.05) is 6.07 Å². The molecule has 0 aliphatic rings. The predicted octanol–water partition coefficient (Wildman–Crippen LogP) is 2.12. The van der Waals surface area contributed by atoms with E-state index in [2.05, 4.69) is 5.32 Å². The molecular formula is C11H17NO2S2. The maximum absolute atomic E-state index is 11.5. The van der Waals surface area contributed by atoms with Crippen molar-refractivity contribution in [2.45, 2.75) is 36.6 Å². The Balaban J connectivity index is 2.20. The summed E-state index contributed by atoms with van der Waals surface area (Å²) in [6, 6.07) is 4.00. The number of amides is 1. The molecule has 0 radical (unpaired) electrons. The Hall–Kier alpha value is -0.520. The number of carbonyl (C=O) groups is 1. The van der Waals surface area contributed by atoms with Gasteiger partial charge in [-0.15, -0.1) is 23.1 Å². The van der Waals surface area contributed by atoms with Crippen molar-refractivity contribution >= 4 is 29.0 Å². The van der Waals surface area contributed by atoms with Crippen molar-refractivity contribution < 1.29 is 9.90 Å². The van der Waals surface area contributed by atoms with Crippen LogP contribution in [0.5, 0.6) is 0 Å². The highest BCUT2D eigenvalue weighted by Gasteiger charge is 2.10. The van der Waals surface area contributed by atoms with E-state index in [0.717, 1.165) is 4.21 Å². The van der Waals surface area contributed by atoms with Gasteiger partial charge in [0.25, 0.3) is 0 Å². The highest BCUT2D eigenvalue weighted by Crippen LogP contribution is 2.22. The SMILES string of the molecule is CC(O)CC(C)NC(=O)CSc1cccs1. The Kier molecular flexibility index (Phi) is 5.87. The normalized spacial score (nSPS) is 14.4. The lowest BCUT2D eigenvalue weighted by atomic mass is 10.1. The molecule has 0 aromatic carbocycles. The second-order valence-corrected chi connectivity index (χ2v) is 6.00. The minimum absolute atomic E-state index is 0.0200. The van der Waals surface area contributed by atoms with E-state index < -0.39 is 0 Å². The van der Waals surface area contributed by atoms with Crippen molar-refractivity contribution in [2.75, 3.05) is 5.75 Å². The lowest BCUT2D eigenvalue weighted by molar-refractivity contribution is -0.119. The standard InChI is InChI=1S/C11H17NO2S2/c1-8(6-9(2)13)12-10(14)7-16-11-4-3-5-15-11/h3-5,8-9,13H,6-7H2,1-2H3,(H,12,14). The minimum atomic E-state index is -0.375. The van der Waals surface area contributed by atoms with Gasteiger partial charge >= 0.3 is 0 Å². The summed E-state index contributed by atoms with van der Waals surface area (Å²) in [4.78, 5) is 11.5. The summed E-state index contributed by atoms with van der Waals surface area (Å²) >= 11 is 3.18. The molecule has 0 aliphatic carbocycles. The molecule has 2 atom stereocenters. The van der Waals surface area contributed by atoms with Gasteiger partial charge in [0, 0.05) is 6.04 Å². The Morgan fingerprint density at radius 2 is 2.38 bits per heavy atom. The van der Waals surface area contributed by atoms with Crippen molar-refractivity contribution in [1.29, 1.82) is 0 Å². The van der Waals surface area contributed by atoms with Crippen LogP contribution >= 0.6 is 23.1 Å². The number of rotatable bonds is 6. The molecule has 3 nitrogen and oxygen atoms in total. The molecule has 1 amide bonds. The zero-order chi connectivity index (χ0) is 12.0. The molecule has 2 N–H and O–H groups in total. The fourth-order valence-corrected chi connectivity index (χ4v) is 2.96. The number of thioether (sulfide) groups is 1. The largest absolute Gasteiger partial charge is 0.393 e. The average Bonchev–Trinajstić information content (AvgIpc) is 2.65. The van der Waals surface area contributed by atoms with Crippen LogP contribution in [0.3, 0.4) is 0 Å². The number of aliphatic hydroxyl groups is 1. The van der Waals surface area contributed by atoms with Crippen molar-refractivity contribution in [3.05, 3.63) is 17.5 Å². The summed E-state index contributed by atoms with van der Waals surface area (Å²) in [5, 5.41) is 14.0. The second kappa shape index (κ2) is 6.93. The summed E-state index contributed by atoms with van der Waals surface area (Å²) in [6.07, 6.45) is 0.218. The van der Waals surface area contributed by atoms with Gasteiger partial charge in [-0.05, 0) is 31.7 Å². The zero-order valence-electron chi connectivity index (χ0n) is 9.47. The van der Waals surface area contributed by atoms with E-state index in [0.29, 0.717) is 12.2 Å². The number of carbonyl (C=O) groups excluding carboxylic acids is 1. The summed E-state index contributed by atoms with van der Waals surface area (Å²) < 4.78 is 1.15. The molecule has 1 aromatic heterocycles. The van der Waals surface area contributed by atoms with Crippen molar-refractivity contribution in [1.82, 2.24) is 5.32 Å². The van der Waals surface area contributed by atoms with Gasteiger partial charge in [-0.25, -0.2) is 0 Å². The molecule has 0 spiro atoms. The van der Waals surface area contributed by atoms with E-state index in [1.807, 2.05) is 24.4 Å². The molecule has 5 heteroatoms. The maximum atomic E-state index is 11.5. The first-order valence-corrected chi connectivity index (χ1v) is 7.08.